The van der Waals surface area contributed by atoms with Gasteiger partial charge in [0.25, 0.3) is 0 Å². The molecule has 1 aromatic carbocycles. The monoisotopic (exact) mass is 321 g/mol. The van der Waals surface area contributed by atoms with Crippen molar-refractivity contribution in [1.29, 1.82) is 0 Å². The molecular formula is C16H20FN3O3. The number of nitrogens with zero attached hydrogens (tertiary/aromatic N) is 2. The second-order valence-electron chi connectivity index (χ2n) is 6.51. The zero-order valence-corrected chi connectivity index (χ0v) is 13.4. The van der Waals surface area contributed by atoms with E-state index in [0.29, 0.717) is 24.1 Å². The summed E-state index contributed by atoms with van der Waals surface area (Å²) in [5, 5.41) is 7.86. The molecule has 124 valence electrons. The van der Waals surface area contributed by atoms with Gasteiger partial charge in [0.1, 0.15) is 17.5 Å². The highest BCUT2D eigenvalue weighted by molar-refractivity contribution is 5.82. The van der Waals surface area contributed by atoms with Crippen LogP contribution in [0.5, 0.6) is 0 Å². The number of amides is 1. The summed E-state index contributed by atoms with van der Waals surface area (Å²) in [6, 6.07) is 4.48. The van der Waals surface area contributed by atoms with Crippen LogP contribution in [0.3, 0.4) is 0 Å². The summed E-state index contributed by atoms with van der Waals surface area (Å²) in [6.45, 7) is 6.74. The molecule has 7 heteroatoms. The Labute approximate surface area is 133 Å². The zero-order valence-electron chi connectivity index (χ0n) is 13.4. The molecule has 3 rings (SSSR count). The van der Waals surface area contributed by atoms with Gasteiger partial charge in [-0.2, -0.15) is 5.10 Å². The van der Waals surface area contributed by atoms with Gasteiger partial charge in [0, 0.05) is 5.39 Å². The number of nitrogens with one attached hydrogen (secondary N) is 1. The van der Waals surface area contributed by atoms with Crippen LogP contribution in [-0.4, -0.2) is 34.6 Å². The van der Waals surface area contributed by atoms with Gasteiger partial charge in [0.15, 0.2) is 0 Å². The van der Waals surface area contributed by atoms with E-state index in [4.69, 9.17) is 9.47 Å². The van der Waals surface area contributed by atoms with Crippen molar-refractivity contribution in [2.75, 3.05) is 13.2 Å². The van der Waals surface area contributed by atoms with E-state index >= 15 is 0 Å². The van der Waals surface area contributed by atoms with Gasteiger partial charge in [-0.3, -0.25) is 4.68 Å². The molecule has 0 saturated carbocycles. The Hall–Kier alpha value is -2.15. The largest absolute Gasteiger partial charge is 0.444 e. The fourth-order valence-electron chi connectivity index (χ4n) is 2.64. The topological polar surface area (TPSA) is 65.4 Å². The van der Waals surface area contributed by atoms with Gasteiger partial charge in [0.2, 0.25) is 0 Å². The van der Waals surface area contributed by atoms with E-state index < -0.39 is 11.7 Å². The third kappa shape index (κ3) is 3.44. The number of hydrogen-bond acceptors (Lipinski definition) is 4. The first-order valence-corrected chi connectivity index (χ1v) is 7.58. The van der Waals surface area contributed by atoms with E-state index in [0.717, 1.165) is 5.69 Å². The average molecular weight is 321 g/mol. The third-order valence-corrected chi connectivity index (χ3v) is 3.50. The summed E-state index contributed by atoms with van der Waals surface area (Å²) < 4.78 is 26.3. The van der Waals surface area contributed by atoms with E-state index in [9.17, 15) is 9.18 Å². The molecule has 1 aromatic heterocycles. The minimum atomic E-state index is -0.560. The van der Waals surface area contributed by atoms with Crippen molar-refractivity contribution < 1.29 is 18.7 Å². The number of aromatic nitrogens is 2. The van der Waals surface area contributed by atoms with Crippen molar-refractivity contribution in [3.63, 3.8) is 0 Å². The number of halogens is 1. The van der Waals surface area contributed by atoms with Crippen molar-refractivity contribution >= 4 is 17.0 Å². The Kier molecular flexibility index (Phi) is 3.97. The number of alkyl carbamates (subject to hydrolysis) is 1. The summed E-state index contributed by atoms with van der Waals surface area (Å²) in [7, 11) is 0. The second kappa shape index (κ2) is 5.81. The molecule has 2 heterocycles. The third-order valence-electron chi connectivity index (χ3n) is 3.50. The van der Waals surface area contributed by atoms with E-state index in [1.807, 2.05) is 4.68 Å². The molecule has 6 nitrogen and oxygen atoms in total. The molecule has 2 aromatic rings. The molecule has 1 N–H and O–H groups in total. The smallest absolute Gasteiger partial charge is 0.407 e. The number of rotatable bonds is 2. The summed E-state index contributed by atoms with van der Waals surface area (Å²) in [4.78, 5) is 11.8. The van der Waals surface area contributed by atoms with Crippen LogP contribution < -0.4 is 5.32 Å². The summed E-state index contributed by atoms with van der Waals surface area (Å²) in [5.74, 6) is -0.322. The highest BCUT2D eigenvalue weighted by atomic mass is 19.1. The first-order valence-electron chi connectivity index (χ1n) is 7.58. The van der Waals surface area contributed by atoms with Crippen molar-refractivity contribution in [2.24, 2.45) is 0 Å². The summed E-state index contributed by atoms with van der Waals surface area (Å²) in [6.07, 6.45) is -0.892. The van der Waals surface area contributed by atoms with E-state index in [1.165, 1.54) is 12.1 Å². The number of benzene rings is 1. The Balaban J connectivity index is 1.80. The summed E-state index contributed by atoms with van der Waals surface area (Å²) >= 11 is 0. The lowest BCUT2D eigenvalue weighted by atomic mass is 10.1. The van der Waals surface area contributed by atoms with Gasteiger partial charge in [-0.25, -0.2) is 9.18 Å². The lowest BCUT2D eigenvalue weighted by Gasteiger charge is -2.26. The zero-order chi connectivity index (χ0) is 16.6. The lowest BCUT2D eigenvalue weighted by molar-refractivity contribution is 0.0120. The van der Waals surface area contributed by atoms with Gasteiger partial charge in [-0.15, -0.1) is 0 Å². The molecular weight excluding hydrogens is 301 g/mol. The molecule has 0 saturated heterocycles. The van der Waals surface area contributed by atoms with Crippen LogP contribution in [0, 0.1) is 5.82 Å². The summed E-state index contributed by atoms with van der Waals surface area (Å²) in [5.41, 5.74) is 0.936. The van der Waals surface area contributed by atoms with Crippen LogP contribution in [0.1, 0.15) is 32.6 Å². The number of fused-ring (bicyclic) bond motifs is 3. The fraction of sp³-hybridized carbons (Fsp3) is 0.500. The van der Waals surface area contributed by atoms with Crippen molar-refractivity contribution in [2.45, 2.75) is 39.0 Å². The van der Waals surface area contributed by atoms with Crippen molar-refractivity contribution in [3.8, 4) is 0 Å². The van der Waals surface area contributed by atoms with Crippen molar-refractivity contribution in [3.05, 3.63) is 29.7 Å². The van der Waals surface area contributed by atoms with E-state index in [-0.39, 0.29) is 18.5 Å². The molecule has 0 spiro atoms. The van der Waals surface area contributed by atoms with Crippen LogP contribution >= 0.6 is 0 Å². The van der Waals surface area contributed by atoms with Crippen LogP contribution in [0.4, 0.5) is 9.18 Å². The molecule has 0 radical (unpaired) electrons. The highest BCUT2D eigenvalue weighted by Gasteiger charge is 2.27. The van der Waals surface area contributed by atoms with E-state index in [2.05, 4.69) is 10.4 Å². The number of hydrogen-bond donors (Lipinski definition) is 1. The number of carbonyl (C=O) groups is 1. The Bertz CT molecular complexity index is 736. The quantitative estimate of drug-likeness (QED) is 0.924. The maximum absolute atomic E-state index is 13.5. The minimum absolute atomic E-state index is 0.242. The van der Waals surface area contributed by atoms with Gasteiger partial charge < -0.3 is 14.8 Å². The molecule has 0 fully saturated rings. The molecule has 1 aliphatic heterocycles. The molecule has 1 aliphatic rings. The number of carbonyl (C=O) groups excluding carboxylic acids is 1. The van der Waals surface area contributed by atoms with Gasteiger partial charge in [-0.1, -0.05) is 0 Å². The van der Waals surface area contributed by atoms with Crippen LogP contribution in [0.25, 0.3) is 10.9 Å². The first kappa shape index (κ1) is 15.7. The van der Waals surface area contributed by atoms with Crippen molar-refractivity contribution in [1.82, 2.24) is 15.1 Å². The first-order chi connectivity index (χ1) is 10.8. The SMILES string of the molecule is CC(C)(C)OC(=O)NCC1OCCn2nc3ccc(F)cc3c21. The molecule has 1 atom stereocenters. The molecule has 23 heavy (non-hydrogen) atoms. The van der Waals surface area contributed by atoms with Crippen LogP contribution in [-0.2, 0) is 16.0 Å². The Morgan fingerprint density at radius 1 is 1.52 bits per heavy atom. The second-order valence-corrected chi connectivity index (χ2v) is 6.51. The predicted molar refractivity (Wildman–Crippen MR) is 82.6 cm³/mol. The highest BCUT2D eigenvalue weighted by Crippen LogP contribution is 2.29. The average Bonchev–Trinajstić information content (AvgIpc) is 2.81. The Morgan fingerprint density at radius 3 is 3.04 bits per heavy atom. The van der Waals surface area contributed by atoms with Gasteiger partial charge in [0.05, 0.1) is 30.9 Å². The predicted octanol–water partition coefficient (Wildman–Crippen LogP) is 2.77. The maximum atomic E-state index is 13.5. The molecule has 1 amide bonds. The molecule has 1 unspecified atom stereocenters. The van der Waals surface area contributed by atoms with Crippen LogP contribution in [0.2, 0.25) is 0 Å². The number of ether oxygens (including phenoxy) is 2. The normalized spacial score (nSPS) is 17.8. The Morgan fingerprint density at radius 2 is 2.30 bits per heavy atom. The van der Waals surface area contributed by atoms with E-state index in [1.54, 1.807) is 26.8 Å². The lowest BCUT2D eigenvalue weighted by Crippen LogP contribution is -2.37. The minimum Gasteiger partial charge on any atom is -0.444 e. The maximum Gasteiger partial charge on any atom is 0.407 e. The molecule has 0 bridgehead atoms. The van der Waals surface area contributed by atoms with Gasteiger partial charge in [-0.05, 0) is 39.0 Å². The molecule has 0 aliphatic carbocycles. The standard InChI is InChI=1S/C16H20FN3O3/c1-16(2,3)23-15(21)18-9-13-14-11-8-10(17)4-5-12(11)19-20(14)6-7-22-13/h4-5,8,13H,6-7,9H2,1-3H3,(H,18,21). The van der Waals surface area contributed by atoms with Gasteiger partial charge >= 0.3 is 6.09 Å². The van der Waals surface area contributed by atoms with Crippen LogP contribution in [0.15, 0.2) is 18.2 Å². The fourth-order valence-corrected chi connectivity index (χ4v) is 2.64.